The second-order valence-electron chi connectivity index (χ2n) is 3.80. The molecule has 80 valence electrons. The third kappa shape index (κ3) is 4.45. The van der Waals surface area contributed by atoms with E-state index in [1.54, 1.807) is 0 Å². The van der Waals surface area contributed by atoms with Gasteiger partial charge in [-0.1, -0.05) is 64.2 Å². The molecule has 0 bridgehead atoms. The maximum atomic E-state index is 3.65. The zero-order chi connectivity index (χ0) is 10.9. The Kier molecular flexibility index (Phi) is 7.18. The molecule has 0 nitrogen and oxygen atoms in total. The Labute approximate surface area is 89.4 Å². The smallest absolute Gasteiger partial charge is 0.0120 e. The molecule has 0 atom stereocenters. The molecule has 0 saturated heterocycles. The highest BCUT2D eigenvalue weighted by molar-refractivity contribution is 5.12. The molecule has 0 fully saturated rings. The van der Waals surface area contributed by atoms with E-state index in [2.05, 4.69) is 45.6 Å². The van der Waals surface area contributed by atoms with Crippen molar-refractivity contribution in [3.63, 3.8) is 0 Å². The predicted octanol–water partition coefficient (Wildman–Crippen LogP) is 4.89. The summed E-state index contributed by atoms with van der Waals surface area (Å²) in [6.45, 7) is 10.5. The monoisotopic (exact) mass is 192 g/mol. The molecule has 0 amide bonds. The van der Waals surface area contributed by atoms with Gasteiger partial charge < -0.3 is 0 Å². The Morgan fingerprint density at radius 2 is 1.64 bits per heavy atom. The maximum absolute atomic E-state index is 3.65. The van der Waals surface area contributed by atoms with Crippen LogP contribution in [0.4, 0.5) is 0 Å². The summed E-state index contributed by atoms with van der Waals surface area (Å²) in [5.74, 6) is 0. The van der Waals surface area contributed by atoms with Crippen LogP contribution in [-0.2, 0) is 0 Å². The highest BCUT2D eigenvalue weighted by atomic mass is 14.2. The average molecular weight is 192 g/mol. The molecule has 0 unspecified atom stereocenters. The van der Waals surface area contributed by atoms with E-state index in [0.29, 0.717) is 5.41 Å². The summed E-state index contributed by atoms with van der Waals surface area (Å²) in [6.07, 6.45) is 15.4. The molecule has 0 radical (unpaired) electrons. The molecule has 0 aliphatic carbocycles. The lowest BCUT2D eigenvalue weighted by molar-refractivity contribution is 0.321. The van der Waals surface area contributed by atoms with Crippen molar-refractivity contribution in [1.82, 2.24) is 0 Å². The number of hydrogen-bond acceptors (Lipinski definition) is 0. The zero-order valence-corrected chi connectivity index (χ0v) is 9.92. The summed E-state index contributed by atoms with van der Waals surface area (Å²) in [5.41, 5.74) is 0.417. The Bertz CT molecular complexity index is 192. The van der Waals surface area contributed by atoms with Crippen molar-refractivity contribution in [3.8, 4) is 0 Å². The summed E-state index contributed by atoms with van der Waals surface area (Å²) < 4.78 is 0. The summed E-state index contributed by atoms with van der Waals surface area (Å²) in [7, 11) is 0. The topological polar surface area (TPSA) is 0 Å². The second kappa shape index (κ2) is 7.61. The fourth-order valence-corrected chi connectivity index (χ4v) is 1.82. The van der Waals surface area contributed by atoms with Gasteiger partial charge in [-0.25, -0.2) is 0 Å². The highest BCUT2D eigenvalue weighted by Crippen LogP contribution is 2.33. The lowest BCUT2D eigenvalue weighted by Gasteiger charge is -2.27. The van der Waals surface area contributed by atoms with Crippen LogP contribution >= 0.6 is 0 Å². The van der Waals surface area contributed by atoms with Crippen molar-refractivity contribution in [2.24, 2.45) is 5.41 Å². The normalized spacial score (nSPS) is 12.8. The van der Waals surface area contributed by atoms with E-state index in [4.69, 9.17) is 0 Å². The zero-order valence-electron chi connectivity index (χ0n) is 9.92. The van der Waals surface area contributed by atoms with E-state index in [-0.39, 0.29) is 0 Å². The summed E-state index contributed by atoms with van der Waals surface area (Å²) in [5, 5.41) is 0. The Hall–Kier alpha value is -0.780. The van der Waals surface area contributed by atoms with Crippen LogP contribution in [0.15, 0.2) is 37.0 Å². The van der Waals surface area contributed by atoms with Crippen LogP contribution in [0.1, 0.15) is 46.5 Å². The van der Waals surface area contributed by atoms with E-state index >= 15 is 0 Å². The molecule has 0 aromatic heterocycles. The molecule has 0 rings (SSSR count). The molecule has 0 spiro atoms. The van der Waals surface area contributed by atoms with Gasteiger partial charge in [-0.15, -0.1) is 0 Å². The minimum Gasteiger partial charge on any atom is -0.0991 e. The first-order chi connectivity index (χ1) is 6.74. The molecular weight excluding hydrogens is 168 g/mol. The van der Waals surface area contributed by atoms with Crippen LogP contribution in [0.5, 0.6) is 0 Å². The van der Waals surface area contributed by atoms with Gasteiger partial charge in [0.05, 0.1) is 0 Å². The molecule has 0 heteroatoms. The molecule has 14 heavy (non-hydrogen) atoms. The first-order valence-corrected chi connectivity index (χ1v) is 5.71. The highest BCUT2D eigenvalue weighted by Gasteiger charge is 2.20. The molecule has 0 N–H and O–H groups in total. The van der Waals surface area contributed by atoms with Crippen molar-refractivity contribution >= 4 is 0 Å². The third-order valence-corrected chi connectivity index (χ3v) is 2.96. The van der Waals surface area contributed by atoms with E-state index in [1.165, 1.54) is 25.7 Å². The standard InChI is InChI=1S/C14H24/c1-5-9-10-11-13-14(7-3,8-4)12-6-2/h5,9-11,13H,1,6-8,12H2,2-4H3. The molecule has 0 heterocycles. The minimum atomic E-state index is 0.417. The first-order valence-electron chi connectivity index (χ1n) is 5.71. The molecule has 0 aliphatic heterocycles. The average Bonchev–Trinajstić information content (AvgIpc) is 2.23. The number of hydrogen-bond donors (Lipinski definition) is 0. The van der Waals surface area contributed by atoms with Gasteiger partial charge in [-0.05, 0) is 24.7 Å². The number of rotatable bonds is 7. The van der Waals surface area contributed by atoms with Crippen molar-refractivity contribution in [2.75, 3.05) is 0 Å². The fraction of sp³-hybridized carbons (Fsp3) is 0.571. The van der Waals surface area contributed by atoms with E-state index in [1.807, 2.05) is 12.2 Å². The minimum absolute atomic E-state index is 0.417. The molecule has 0 aliphatic rings. The second-order valence-corrected chi connectivity index (χ2v) is 3.80. The molecule has 0 saturated carbocycles. The van der Waals surface area contributed by atoms with Crippen molar-refractivity contribution in [2.45, 2.75) is 46.5 Å². The third-order valence-electron chi connectivity index (χ3n) is 2.96. The fourth-order valence-electron chi connectivity index (χ4n) is 1.82. The summed E-state index contributed by atoms with van der Waals surface area (Å²) >= 11 is 0. The number of allylic oxidation sites excluding steroid dienone is 5. The first kappa shape index (κ1) is 13.2. The molecule has 0 aromatic carbocycles. The van der Waals surface area contributed by atoms with Gasteiger partial charge in [0.1, 0.15) is 0 Å². The van der Waals surface area contributed by atoms with E-state index in [0.717, 1.165) is 0 Å². The largest absolute Gasteiger partial charge is 0.0991 e. The van der Waals surface area contributed by atoms with E-state index < -0.39 is 0 Å². The van der Waals surface area contributed by atoms with Gasteiger partial charge in [0.25, 0.3) is 0 Å². The van der Waals surface area contributed by atoms with Crippen LogP contribution < -0.4 is 0 Å². The molecular formula is C14H24. The Balaban J connectivity index is 4.39. The Morgan fingerprint density at radius 1 is 1.00 bits per heavy atom. The SMILES string of the molecule is C=CC=CC=CC(CC)(CC)CCC. The van der Waals surface area contributed by atoms with Crippen molar-refractivity contribution in [1.29, 1.82) is 0 Å². The summed E-state index contributed by atoms with van der Waals surface area (Å²) in [6, 6.07) is 0. The van der Waals surface area contributed by atoms with Gasteiger partial charge in [0, 0.05) is 0 Å². The maximum Gasteiger partial charge on any atom is -0.0120 e. The van der Waals surface area contributed by atoms with Crippen LogP contribution in [0.2, 0.25) is 0 Å². The van der Waals surface area contributed by atoms with Crippen LogP contribution in [0, 0.1) is 5.41 Å². The van der Waals surface area contributed by atoms with Gasteiger partial charge in [-0.3, -0.25) is 0 Å². The van der Waals surface area contributed by atoms with Gasteiger partial charge >= 0.3 is 0 Å². The van der Waals surface area contributed by atoms with Crippen LogP contribution in [0.25, 0.3) is 0 Å². The van der Waals surface area contributed by atoms with Gasteiger partial charge in [-0.2, -0.15) is 0 Å². The van der Waals surface area contributed by atoms with Crippen LogP contribution in [-0.4, -0.2) is 0 Å². The van der Waals surface area contributed by atoms with Gasteiger partial charge in [0.2, 0.25) is 0 Å². The van der Waals surface area contributed by atoms with Gasteiger partial charge in [0.15, 0.2) is 0 Å². The summed E-state index contributed by atoms with van der Waals surface area (Å²) in [4.78, 5) is 0. The van der Waals surface area contributed by atoms with Crippen LogP contribution in [0.3, 0.4) is 0 Å². The van der Waals surface area contributed by atoms with E-state index in [9.17, 15) is 0 Å². The quantitative estimate of drug-likeness (QED) is 0.504. The predicted molar refractivity (Wildman–Crippen MR) is 66.4 cm³/mol. The lowest BCUT2D eigenvalue weighted by Crippen LogP contribution is -2.14. The van der Waals surface area contributed by atoms with Crippen molar-refractivity contribution < 1.29 is 0 Å². The molecule has 0 aromatic rings. The van der Waals surface area contributed by atoms with Crippen molar-refractivity contribution in [3.05, 3.63) is 37.0 Å². The Morgan fingerprint density at radius 3 is 2.07 bits per heavy atom. The lowest BCUT2D eigenvalue weighted by atomic mass is 9.78.